The first-order chi connectivity index (χ1) is 13.6. The van der Waals surface area contributed by atoms with Crippen molar-refractivity contribution >= 4 is 10.9 Å². The van der Waals surface area contributed by atoms with E-state index in [2.05, 4.69) is 10.1 Å². The molecule has 3 heterocycles. The van der Waals surface area contributed by atoms with Crippen LogP contribution < -0.4 is 15.9 Å². The van der Waals surface area contributed by atoms with Gasteiger partial charge in [-0.15, -0.1) is 0 Å². The number of nitriles is 1. The third-order valence-electron chi connectivity index (χ3n) is 4.43. The molecule has 8 heteroatoms. The molecule has 0 aliphatic heterocycles. The van der Waals surface area contributed by atoms with Gasteiger partial charge in [-0.3, -0.25) is 9.59 Å². The molecule has 3 aromatic heterocycles. The minimum atomic E-state index is -0.509. The smallest absolute Gasteiger partial charge is 0.266 e. The van der Waals surface area contributed by atoms with E-state index < -0.39 is 5.56 Å². The molecular weight excluding hydrogens is 358 g/mol. The van der Waals surface area contributed by atoms with Crippen LogP contribution in [0.1, 0.15) is 11.1 Å². The fraction of sp³-hybridized carbons (Fsp3) is 0.100. The number of aromatic nitrogens is 4. The molecule has 0 aliphatic rings. The average Bonchev–Trinajstić information content (AvgIpc) is 3.18. The first kappa shape index (κ1) is 17.3. The van der Waals surface area contributed by atoms with E-state index in [4.69, 9.17) is 10.00 Å². The Bertz CT molecular complexity index is 1340. The second-order valence-corrected chi connectivity index (χ2v) is 6.17. The van der Waals surface area contributed by atoms with Crippen LogP contribution in [0, 0.1) is 11.3 Å². The van der Waals surface area contributed by atoms with E-state index in [1.807, 2.05) is 30.5 Å². The number of aromatic amines is 1. The van der Waals surface area contributed by atoms with Gasteiger partial charge in [-0.1, -0.05) is 12.1 Å². The van der Waals surface area contributed by atoms with Crippen LogP contribution in [0.3, 0.4) is 0 Å². The molecule has 0 saturated carbocycles. The first-order valence-corrected chi connectivity index (χ1v) is 8.44. The molecule has 0 spiro atoms. The molecule has 0 amide bonds. The number of para-hydroxylation sites is 2. The van der Waals surface area contributed by atoms with Crippen LogP contribution in [-0.2, 0) is 6.54 Å². The minimum absolute atomic E-state index is 0.0913. The van der Waals surface area contributed by atoms with Gasteiger partial charge in [-0.2, -0.15) is 10.4 Å². The monoisotopic (exact) mass is 373 g/mol. The van der Waals surface area contributed by atoms with E-state index >= 15 is 0 Å². The van der Waals surface area contributed by atoms with Gasteiger partial charge in [0.05, 0.1) is 30.8 Å². The fourth-order valence-corrected chi connectivity index (χ4v) is 3.04. The molecule has 1 N–H and O–H groups in total. The molecule has 0 radical (unpaired) electrons. The fourth-order valence-electron chi connectivity index (χ4n) is 3.04. The number of methoxy groups -OCH3 is 1. The topological polar surface area (TPSA) is 106 Å². The molecule has 4 aromatic rings. The first-order valence-electron chi connectivity index (χ1n) is 8.44. The quantitative estimate of drug-likeness (QED) is 0.587. The number of fused-ring (bicyclic) bond motifs is 1. The highest BCUT2D eigenvalue weighted by atomic mass is 16.5. The maximum Gasteiger partial charge on any atom is 0.266 e. The molecule has 0 saturated heterocycles. The summed E-state index contributed by atoms with van der Waals surface area (Å²) in [7, 11) is 1.59. The zero-order valence-corrected chi connectivity index (χ0v) is 14.9. The maximum atomic E-state index is 12.8. The zero-order chi connectivity index (χ0) is 19.7. The molecule has 4 rings (SSSR count). The molecule has 0 bridgehead atoms. The summed E-state index contributed by atoms with van der Waals surface area (Å²) < 4.78 is 8.55. The summed E-state index contributed by atoms with van der Waals surface area (Å²) >= 11 is 0. The van der Waals surface area contributed by atoms with Crippen molar-refractivity contribution in [2.24, 2.45) is 0 Å². The normalized spacial score (nSPS) is 10.7. The van der Waals surface area contributed by atoms with Crippen LogP contribution in [0.15, 0.2) is 64.6 Å². The SMILES string of the molecule is COc1ccccc1-n1cc(Cn2ccc3[nH]c(=O)c(C#N)cc3c2=O)cn1. The second kappa shape index (κ2) is 6.89. The summed E-state index contributed by atoms with van der Waals surface area (Å²) in [5.41, 5.74) is 1.11. The summed E-state index contributed by atoms with van der Waals surface area (Å²) in [5, 5.41) is 13.7. The Morgan fingerprint density at radius 2 is 2.07 bits per heavy atom. The second-order valence-electron chi connectivity index (χ2n) is 6.17. The van der Waals surface area contributed by atoms with Crippen molar-refractivity contribution in [3.05, 3.63) is 86.8 Å². The van der Waals surface area contributed by atoms with Crippen LogP contribution in [-0.4, -0.2) is 26.4 Å². The van der Waals surface area contributed by atoms with Crippen LogP contribution >= 0.6 is 0 Å². The van der Waals surface area contributed by atoms with Crippen molar-refractivity contribution in [3.8, 4) is 17.5 Å². The lowest BCUT2D eigenvalue weighted by Gasteiger charge is -2.08. The van der Waals surface area contributed by atoms with Gasteiger partial charge in [0.1, 0.15) is 23.1 Å². The number of benzene rings is 1. The van der Waals surface area contributed by atoms with Gasteiger partial charge in [0, 0.05) is 18.0 Å². The Morgan fingerprint density at radius 1 is 1.25 bits per heavy atom. The van der Waals surface area contributed by atoms with E-state index in [-0.39, 0.29) is 16.5 Å². The van der Waals surface area contributed by atoms with E-state index in [0.717, 1.165) is 11.3 Å². The molecule has 8 nitrogen and oxygen atoms in total. The van der Waals surface area contributed by atoms with Crippen LogP contribution in [0.25, 0.3) is 16.6 Å². The van der Waals surface area contributed by atoms with Gasteiger partial charge < -0.3 is 14.3 Å². The number of nitrogens with one attached hydrogen (secondary N) is 1. The van der Waals surface area contributed by atoms with E-state index in [0.29, 0.717) is 17.8 Å². The van der Waals surface area contributed by atoms with Gasteiger partial charge in [0.25, 0.3) is 11.1 Å². The Kier molecular flexibility index (Phi) is 4.26. The summed E-state index contributed by atoms with van der Waals surface area (Å²) in [4.78, 5) is 27.1. The zero-order valence-electron chi connectivity index (χ0n) is 14.9. The van der Waals surface area contributed by atoms with E-state index in [1.54, 1.807) is 36.3 Å². The van der Waals surface area contributed by atoms with E-state index in [9.17, 15) is 9.59 Å². The van der Waals surface area contributed by atoms with Crippen molar-refractivity contribution in [3.63, 3.8) is 0 Å². The van der Waals surface area contributed by atoms with Crippen LogP contribution in [0.4, 0.5) is 0 Å². The number of H-pyrrole nitrogens is 1. The lowest BCUT2D eigenvalue weighted by molar-refractivity contribution is 0.411. The molecule has 0 aliphatic carbocycles. The number of nitrogens with zero attached hydrogens (tertiary/aromatic N) is 4. The van der Waals surface area contributed by atoms with Crippen molar-refractivity contribution in [1.29, 1.82) is 5.26 Å². The number of hydrogen-bond donors (Lipinski definition) is 1. The lowest BCUT2D eigenvalue weighted by atomic mass is 10.2. The van der Waals surface area contributed by atoms with Crippen molar-refractivity contribution in [2.45, 2.75) is 6.54 Å². The van der Waals surface area contributed by atoms with Crippen LogP contribution in [0.2, 0.25) is 0 Å². The molecule has 138 valence electrons. The van der Waals surface area contributed by atoms with Gasteiger partial charge in [-0.25, -0.2) is 4.68 Å². The Morgan fingerprint density at radius 3 is 2.86 bits per heavy atom. The summed E-state index contributed by atoms with van der Waals surface area (Å²) in [6.07, 6.45) is 5.10. The Labute approximate surface area is 158 Å². The molecule has 0 atom stereocenters. The van der Waals surface area contributed by atoms with Gasteiger partial charge in [-0.05, 0) is 24.3 Å². The van der Waals surface area contributed by atoms with Crippen molar-refractivity contribution < 1.29 is 4.74 Å². The third-order valence-corrected chi connectivity index (χ3v) is 4.43. The minimum Gasteiger partial charge on any atom is -0.494 e. The summed E-state index contributed by atoms with van der Waals surface area (Å²) in [5.74, 6) is 0.688. The average molecular weight is 373 g/mol. The van der Waals surface area contributed by atoms with E-state index in [1.165, 1.54) is 10.6 Å². The highest BCUT2D eigenvalue weighted by molar-refractivity contribution is 5.78. The number of pyridine rings is 2. The predicted molar refractivity (Wildman–Crippen MR) is 103 cm³/mol. The Balaban J connectivity index is 1.71. The van der Waals surface area contributed by atoms with Gasteiger partial charge >= 0.3 is 0 Å². The highest BCUT2D eigenvalue weighted by Gasteiger charge is 2.10. The largest absolute Gasteiger partial charge is 0.494 e. The number of hydrogen-bond acceptors (Lipinski definition) is 5. The maximum absolute atomic E-state index is 12.8. The molecule has 0 unspecified atom stereocenters. The molecular formula is C20H15N5O3. The predicted octanol–water partition coefficient (Wildman–Crippen LogP) is 1.80. The van der Waals surface area contributed by atoms with Gasteiger partial charge in [0.2, 0.25) is 0 Å². The molecule has 28 heavy (non-hydrogen) atoms. The Hall–Kier alpha value is -4.12. The van der Waals surface area contributed by atoms with Crippen molar-refractivity contribution in [1.82, 2.24) is 19.3 Å². The number of rotatable bonds is 4. The molecule has 1 aromatic carbocycles. The molecule has 0 fully saturated rings. The standard InChI is InChI=1S/C20H15N5O3/c1-28-18-5-3-2-4-17(18)25-12-13(10-22-25)11-24-7-6-16-15(20(24)27)8-14(9-21)19(26)23-16/h2-8,10,12H,11H2,1H3,(H,23,26). The van der Waals surface area contributed by atoms with Crippen LogP contribution in [0.5, 0.6) is 5.75 Å². The van der Waals surface area contributed by atoms with Crippen molar-refractivity contribution in [2.75, 3.05) is 7.11 Å². The summed E-state index contributed by atoms with van der Waals surface area (Å²) in [6, 6.07) is 12.3. The lowest BCUT2D eigenvalue weighted by Crippen LogP contribution is -2.22. The highest BCUT2D eigenvalue weighted by Crippen LogP contribution is 2.21. The van der Waals surface area contributed by atoms with Gasteiger partial charge in [0.15, 0.2) is 0 Å². The number of ether oxygens (including phenoxy) is 1. The summed E-state index contributed by atoms with van der Waals surface area (Å²) in [6.45, 7) is 0.297. The third kappa shape index (κ3) is 2.95.